The molecule has 0 atom stereocenters. The summed E-state index contributed by atoms with van der Waals surface area (Å²) in [4.78, 5) is 1.03. The largest absolute Gasteiger partial charge is 0.143 e. The van der Waals surface area contributed by atoms with Gasteiger partial charge in [0.25, 0.3) is 0 Å². The molecule has 0 nitrogen and oxygen atoms in total. The number of hydrogen-bond acceptors (Lipinski definition) is 1. The Bertz CT molecular complexity index is 241. The van der Waals surface area contributed by atoms with Gasteiger partial charge in [-0.25, -0.2) is 0 Å². The molecular formula is C11H16S. The van der Waals surface area contributed by atoms with Gasteiger partial charge in [-0.3, -0.25) is 0 Å². The van der Waals surface area contributed by atoms with E-state index >= 15 is 0 Å². The minimum absolute atomic E-state index is 0.373. The molecule has 1 aromatic carbocycles. The maximum absolute atomic E-state index is 4.24. The van der Waals surface area contributed by atoms with Gasteiger partial charge in [-0.2, -0.15) is 0 Å². The van der Waals surface area contributed by atoms with E-state index in [9.17, 15) is 0 Å². The van der Waals surface area contributed by atoms with Crippen LogP contribution in [0, 0.1) is 5.41 Å². The molecule has 0 radical (unpaired) electrons. The Morgan fingerprint density at radius 2 is 1.58 bits per heavy atom. The molecular weight excluding hydrogens is 164 g/mol. The summed E-state index contributed by atoms with van der Waals surface area (Å²) in [7, 11) is 0. The van der Waals surface area contributed by atoms with Gasteiger partial charge in [0, 0.05) is 4.90 Å². The van der Waals surface area contributed by atoms with E-state index in [1.165, 1.54) is 5.56 Å². The van der Waals surface area contributed by atoms with Crippen LogP contribution in [0.15, 0.2) is 29.2 Å². The van der Waals surface area contributed by atoms with Gasteiger partial charge in [0.1, 0.15) is 0 Å². The van der Waals surface area contributed by atoms with Crippen molar-refractivity contribution in [3.8, 4) is 0 Å². The molecule has 0 saturated carbocycles. The Morgan fingerprint density at radius 3 is 2.00 bits per heavy atom. The van der Waals surface area contributed by atoms with Crippen LogP contribution in [0.25, 0.3) is 0 Å². The van der Waals surface area contributed by atoms with Gasteiger partial charge in [-0.05, 0) is 29.5 Å². The second kappa shape index (κ2) is 3.53. The van der Waals surface area contributed by atoms with E-state index in [0.29, 0.717) is 5.41 Å². The van der Waals surface area contributed by atoms with E-state index in [1.807, 2.05) is 12.1 Å². The molecule has 0 spiro atoms. The molecule has 1 aromatic rings. The average molecular weight is 180 g/mol. The van der Waals surface area contributed by atoms with Crippen molar-refractivity contribution in [2.75, 3.05) is 0 Å². The predicted molar refractivity (Wildman–Crippen MR) is 56.9 cm³/mol. The molecule has 1 rings (SSSR count). The molecule has 0 aliphatic carbocycles. The fraction of sp³-hybridized carbons (Fsp3) is 0.455. The predicted octanol–water partition coefficient (Wildman–Crippen LogP) is 3.56. The molecule has 0 unspecified atom stereocenters. The molecule has 1 heteroatoms. The van der Waals surface area contributed by atoms with E-state index in [2.05, 4.69) is 45.5 Å². The minimum Gasteiger partial charge on any atom is -0.143 e. The van der Waals surface area contributed by atoms with Crippen molar-refractivity contribution in [3.63, 3.8) is 0 Å². The topological polar surface area (TPSA) is 0 Å². The molecule has 0 aliphatic heterocycles. The molecule has 0 bridgehead atoms. The summed E-state index contributed by atoms with van der Waals surface area (Å²) in [5.41, 5.74) is 1.76. The van der Waals surface area contributed by atoms with E-state index in [4.69, 9.17) is 0 Å². The van der Waals surface area contributed by atoms with E-state index in [0.717, 1.165) is 11.3 Å². The molecule has 0 saturated heterocycles. The van der Waals surface area contributed by atoms with Crippen LogP contribution in [0.5, 0.6) is 0 Å². The Labute approximate surface area is 80.4 Å². The highest BCUT2D eigenvalue weighted by atomic mass is 32.1. The molecule has 0 amide bonds. The van der Waals surface area contributed by atoms with Gasteiger partial charge in [0.2, 0.25) is 0 Å². The van der Waals surface area contributed by atoms with Gasteiger partial charge in [0.15, 0.2) is 0 Å². The van der Waals surface area contributed by atoms with Crippen molar-refractivity contribution in [1.82, 2.24) is 0 Å². The summed E-state index contributed by atoms with van der Waals surface area (Å²) in [6.07, 6.45) is 1.13. The fourth-order valence-electron chi connectivity index (χ4n) is 1.23. The summed E-state index contributed by atoms with van der Waals surface area (Å²) in [5.74, 6) is 0. The third-order valence-corrected chi connectivity index (χ3v) is 1.97. The van der Waals surface area contributed by atoms with Gasteiger partial charge in [-0.1, -0.05) is 32.9 Å². The lowest BCUT2D eigenvalue weighted by Gasteiger charge is -2.17. The lowest BCUT2D eigenvalue weighted by Crippen LogP contribution is -2.08. The van der Waals surface area contributed by atoms with E-state index in [1.54, 1.807) is 0 Å². The highest BCUT2D eigenvalue weighted by molar-refractivity contribution is 7.80. The Morgan fingerprint density at radius 1 is 1.08 bits per heavy atom. The summed E-state index contributed by atoms with van der Waals surface area (Å²) < 4.78 is 0. The van der Waals surface area contributed by atoms with Crippen LogP contribution in [0.3, 0.4) is 0 Å². The summed E-state index contributed by atoms with van der Waals surface area (Å²) in [5, 5.41) is 0. The van der Waals surface area contributed by atoms with Crippen molar-refractivity contribution < 1.29 is 0 Å². The molecule has 0 N–H and O–H groups in total. The van der Waals surface area contributed by atoms with Crippen LogP contribution in [0.4, 0.5) is 0 Å². The van der Waals surface area contributed by atoms with E-state index in [-0.39, 0.29) is 0 Å². The van der Waals surface area contributed by atoms with Gasteiger partial charge >= 0.3 is 0 Å². The lowest BCUT2D eigenvalue weighted by atomic mass is 9.88. The lowest BCUT2D eigenvalue weighted by molar-refractivity contribution is 0.411. The minimum atomic E-state index is 0.373. The van der Waals surface area contributed by atoms with Crippen molar-refractivity contribution >= 4 is 12.6 Å². The monoisotopic (exact) mass is 180 g/mol. The van der Waals surface area contributed by atoms with Crippen LogP contribution >= 0.6 is 12.6 Å². The maximum Gasteiger partial charge on any atom is 0.00401 e. The molecule has 66 valence electrons. The maximum atomic E-state index is 4.24. The smallest absolute Gasteiger partial charge is 0.00401 e. The summed E-state index contributed by atoms with van der Waals surface area (Å²) in [6.45, 7) is 6.75. The second-order valence-electron chi connectivity index (χ2n) is 4.40. The van der Waals surface area contributed by atoms with Crippen LogP contribution in [0.2, 0.25) is 0 Å². The first-order chi connectivity index (χ1) is 5.47. The van der Waals surface area contributed by atoms with Crippen molar-refractivity contribution in [1.29, 1.82) is 0 Å². The van der Waals surface area contributed by atoms with Gasteiger partial charge in [0.05, 0.1) is 0 Å². The zero-order chi connectivity index (χ0) is 9.19. The highest BCUT2D eigenvalue weighted by Crippen LogP contribution is 2.21. The van der Waals surface area contributed by atoms with Gasteiger partial charge in [-0.15, -0.1) is 12.6 Å². The Balaban J connectivity index is 2.71. The number of benzene rings is 1. The quantitative estimate of drug-likeness (QED) is 0.628. The summed E-state index contributed by atoms with van der Waals surface area (Å²) in [6, 6.07) is 8.38. The van der Waals surface area contributed by atoms with Crippen LogP contribution in [0.1, 0.15) is 26.3 Å². The first kappa shape index (κ1) is 9.66. The molecule has 0 aliphatic rings. The van der Waals surface area contributed by atoms with Crippen LogP contribution in [-0.2, 0) is 6.42 Å². The third kappa shape index (κ3) is 3.31. The normalized spacial score (nSPS) is 11.7. The zero-order valence-corrected chi connectivity index (χ0v) is 8.86. The number of hydrogen-bond donors (Lipinski definition) is 1. The Kier molecular flexibility index (Phi) is 2.84. The van der Waals surface area contributed by atoms with Gasteiger partial charge < -0.3 is 0 Å². The van der Waals surface area contributed by atoms with Crippen molar-refractivity contribution in [2.24, 2.45) is 5.41 Å². The molecule has 12 heavy (non-hydrogen) atoms. The standard InChI is InChI=1S/C11H16S/c1-11(2,3)8-9-4-6-10(12)7-5-9/h4-7,12H,8H2,1-3H3. The first-order valence-electron chi connectivity index (χ1n) is 4.25. The second-order valence-corrected chi connectivity index (χ2v) is 4.92. The summed E-state index contributed by atoms with van der Waals surface area (Å²) >= 11 is 4.24. The fourth-order valence-corrected chi connectivity index (χ4v) is 1.38. The van der Waals surface area contributed by atoms with Crippen molar-refractivity contribution in [2.45, 2.75) is 32.1 Å². The number of thiol groups is 1. The zero-order valence-electron chi connectivity index (χ0n) is 7.96. The molecule has 0 fully saturated rings. The molecule has 0 aromatic heterocycles. The number of rotatable bonds is 1. The van der Waals surface area contributed by atoms with Crippen LogP contribution in [-0.4, -0.2) is 0 Å². The third-order valence-electron chi connectivity index (χ3n) is 1.67. The van der Waals surface area contributed by atoms with Crippen LogP contribution < -0.4 is 0 Å². The molecule has 0 heterocycles. The van der Waals surface area contributed by atoms with Crippen molar-refractivity contribution in [3.05, 3.63) is 29.8 Å². The average Bonchev–Trinajstić information content (AvgIpc) is 1.91. The first-order valence-corrected chi connectivity index (χ1v) is 4.70. The Hall–Kier alpha value is -0.430. The van der Waals surface area contributed by atoms with E-state index < -0.39 is 0 Å². The SMILES string of the molecule is CC(C)(C)Cc1ccc(S)cc1. The highest BCUT2D eigenvalue weighted by Gasteiger charge is 2.10.